The highest BCUT2D eigenvalue weighted by atomic mass is 16.3. The Morgan fingerprint density at radius 2 is 2.12 bits per heavy atom. The Kier molecular flexibility index (Phi) is 2.86. The maximum Gasteiger partial charge on any atom is 0.254 e. The molecule has 0 radical (unpaired) electrons. The minimum atomic E-state index is -0.0744. The first-order chi connectivity index (χ1) is 7.93. The van der Waals surface area contributed by atoms with E-state index in [4.69, 9.17) is 0 Å². The van der Waals surface area contributed by atoms with Gasteiger partial charge in [-0.2, -0.15) is 0 Å². The van der Waals surface area contributed by atoms with E-state index in [0.29, 0.717) is 11.1 Å². The van der Waals surface area contributed by atoms with Crippen LogP contribution in [0.25, 0.3) is 0 Å². The Labute approximate surface area is 102 Å². The zero-order valence-electron chi connectivity index (χ0n) is 10.7. The normalized spacial score (nSPS) is 18.4. The van der Waals surface area contributed by atoms with Crippen molar-refractivity contribution in [3.63, 3.8) is 0 Å². The number of benzene rings is 1. The Bertz CT molecular complexity index is 452. The lowest BCUT2D eigenvalue weighted by molar-refractivity contribution is 0.0651. The summed E-state index contributed by atoms with van der Waals surface area (Å²) in [5, 5.41) is 9.65. The van der Waals surface area contributed by atoms with Crippen molar-refractivity contribution in [1.29, 1.82) is 0 Å². The van der Waals surface area contributed by atoms with E-state index in [1.807, 2.05) is 4.90 Å². The van der Waals surface area contributed by atoms with E-state index in [1.54, 1.807) is 25.1 Å². The van der Waals surface area contributed by atoms with Gasteiger partial charge in [0.15, 0.2) is 0 Å². The molecule has 1 fully saturated rings. The van der Waals surface area contributed by atoms with Gasteiger partial charge in [-0.25, -0.2) is 0 Å². The summed E-state index contributed by atoms with van der Waals surface area (Å²) in [5.74, 6) is 0.216. The molecule has 1 saturated heterocycles. The van der Waals surface area contributed by atoms with Crippen molar-refractivity contribution in [2.75, 3.05) is 6.54 Å². The lowest BCUT2D eigenvalue weighted by Crippen LogP contribution is -2.42. The summed E-state index contributed by atoms with van der Waals surface area (Å²) in [7, 11) is 0. The molecular formula is C14H19NO2. The molecule has 1 N–H and O–H groups in total. The molecule has 1 aliphatic rings. The first kappa shape index (κ1) is 12.0. The van der Waals surface area contributed by atoms with Gasteiger partial charge < -0.3 is 10.0 Å². The van der Waals surface area contributed by atoms with Crippen LogP contribution in [-0.2, 0) is 0 Å². The second-order valence-corrected chi connectivity index (χ2v) is 5.32. The van der Waals surface area contributed by atoms with E-state index in [-0.39, 0.29) is 17.2 Å². The molecule has 0 spiro atoms. The quantitative estimate of drug-likeness (QED) is 0.810. The second kappa shape index (κ2) is 4.06. The molecule has 0 aromatic heterocycles. The summed E-state index contributed by atoms with van der Waals surface area (Å²) in [5.41, 5.74) is 1.20. The molecule has 3 heteroatoms. The number of amides is 1. The highest BCUT2D eigenvalue weighted by molar-refractivity contribution is 5.96. The molecule has 2 rings (SSSR count). The lowest BCUT2D eigenvalue weighted by Gasteiger charge is -2.32. The summed E-state index contributed by atoms with van der Waals surface area (Å²) in [6.07, 6.45) is 2.09. The largest absolute Gasteiger partial charge is 0.508 e. The fourth-order valence-electron chi connectivity index (χ4n) is 2.48. The number of carbonyl (C=O) groups excluding carboxylic acids is 1. The number of hydrogen-bond acceptors (Lipinski definition) is 2. The number of rotatable bonds is 1. The molecule has 1 aromatic carbocycles. The maximum absolute atomic E-state index is 12.5. The monoisotopic (exact) mass is 233 g/mol. The van der Waals surface area contributed by atoms with E-state index in [9.17, 15) is 9.90 Å². The average molecular weight is 233 g/mol. The van der Waals surface area contributed by atoms with E-state index in [2.05, 4.69) is 13.8 Å². The molecule has 92 valence electrons. The van der Waals surface area contributed by atoms with Crippen LogP contribution in [0.4, 0.5) is 0 Å². The van der Waals surface area contributed by atoms with Gasteiger partial charge in [0.2, 0.25) is 0 Å². The predicted molar refractivity (Wildman–Crippen MR) is 67.2 cm³/mol. The van der Waals surface area contributed by atoms with Gasteiger partial charge in [-0.15, -0.1) is 0 Å². The number of phenolic OH excluding ortho intramolecular Hbond substituents is 1. The SMILES string of the molecule is Cc1c(O)cccc1C(=O)N1CCCC1(C)C. The van der Waals surface area contributed by atoms with Crippen LogP contribution in [0, 0.1) is 6.92 Å². The summed E-state index contributed by atoms with van der Waals surface area (Å²) in [4.78, 5) is 14.4. The number of aromatic hydroxyl groups is 1. The standard InChI is InChI=1S/C14H19NO2/c1-10-11(6-4-7-12(10)16)13(17)15-9-5-8-14(15,2)3/h4,6-7,16H,5,8-9H2,1-3H3. The summed E-state index contributed by atoms with van der Waals surface area (Å²) in [6.45, 7) is 6.78. The number of carbonyl (C=O) groups is 1. The fourth-order valence-corrected chi connectivity index (χ4v) is 2.48. The van der Waals surface area contributed by atoms with Crippen molar-refractivity contribution >= 4 is 5.91 Å². The van der Waals surface area contributed by atoms with E-state index < -0.39 is 0 Å². The van der Waals surface area contributed by atoms with E-state index >= 15 is 0 Å². The molecule has 1 amide bonds. The van der Waals surface area contributed by atoms with Crippen LogP contribution in [0.1, 0.15) is 42.6 Å². The summed E-state index contributed by atoms with van der Waals surface area (Å²) in [6, 6.07) is 5.12. The van der Waals surface area contributed by atoms with Crippen molar-refractivity contribution < 1.29 is 9.90 Å². The van der Waals surface area contributed by atoms with Crippen molar-refractivity contribution in [3.8, 4) is 5.75 Å². The van der Waals surface area contributed by atoms with Crippen molar-refractivity contribution in [2.45, 2.75) is 39.2 Å². The van der Waals surface area contributed by atoms with Gasteiger partial charge in [0, 0.05) is 23.2 Å². The number of likely N-dealkylation sites (tertiary alicyclic amines) is 1. The topological polar surface area (TPSA) is 40.5 Å². The van der Waals surface area contributed by atoms with Gasteiger partial charge >= 0.3 is 0 Å². The highest BCUT2D eigenvalue weighted by Gasteiger charge is 2.36. The van der Waals surface area contributed by atoms with Crippen LogP contribution in [-0.4, -0.2) is 28.0 Å². The first-order valence-electron chi connectivity index (χ1n) is 6.04. The summed E-state index contributed by atoms with van der Waals surface area (Å²) < 4.78 is 0. The Morgan fingerprint density at radius 3 is 2.71 bits per heavy atom. The molecule has 17 heavy (non-hydrogen) atoms. The van der Waals surface area contributed by atoms with Gasteiger partial charge in [0.25, 0.3) is 5.91 Å². The molecule has 0 atom stereocenters. The molecule has 0 saturated carbocycles. The zero-order valence-corrected chi connectivity index (χ0v) is 10.7. The molecule has 0 unspecified atom stereocenters. The van der Waals surface area contributed by atoms with E-state index in [1.165, 1.54) is 0 Å². The number of hydrogen-bond donors (Lipinski definition) is 1. The zero-order chi connectivity index (χ0) is 12.6. The third kappa shape index (κ3) is 2.02. The number of nitrogens with zero attached hydrogens (tertiary/aromatic N) is 1. The Hall–Kier alpha value is -1.51. The lowest BCUT2D eigenvalue weighted by atomic mass is 10.00. The molecule has 0 bridgehead atoms. The first-order valence-corrected chi connectivity index (χ1v) is 6.04. The minimum Gasteiger partial charge on any atom is -0.508 e. The van der Waals surface area contributed by atoms with Crippen LogP contribution in [0.15, 0.2) is 18.2 Å². The molecule has 1 aromatic rings. The van der Waals surface area contributed by atoms with Gasteiger partial charge in [-0.1, -0.05) is 6.07 Å². The van der Waals surface area contributed by atoms with Crippen molar-refractivity contribution in [3.05, 3.63) is 29.3 Å². The Morgan fingerprint density at radius 1 is 1.41 bits per heavy atom. The van der Waals surface area contributed by atoms with Crippen LogP contribution < -0.4 is 0 Å². The van der Waals surface area contributed by atoms with E-state index in [0.717, 1.165) is 19.4 Å². The highest BCUT2D eigenvalue weighted by Crippen LogP contribution is 2.31. The third-order valence-electron chi connectivity index (χ3n) is 3.68. The second-order valence-electron chi connectivity index (χ2n) is 5.32. The molecule has 1 heterocycles. The molecule has 1 aliphatic heterocycles. The van der Waals surface area contributed by atoms with Crippen molar-refractivity contribution in [1.82, 2.24) is 4.90 Å². The third-order valence-corrected chi connectivity index (χ3v) is 3.68. The summed E-state index contributed by atoms with van der Waals surface area (Å²) >= 11 is 0. The van der Waals surface area contributed by atoms with Gasteiger partial charge in [0.1, 0.15) is 5.75 Å². The smallest absolute Gasteiger partial charge is 0.254 e. The number of phenols is 1. The Balaban J connectivity index is 2.35. The predicted octanol–water partition coefficient (Wildman–Crippen LogP) is 2.72. The van der Waals surface area contributed by atoms with Crippen LogP contribution >= 0.6 is 0 Å². The maximum atomic E-state index is 12.5. The fraction of sp³-hybridized carbons (Fsp3) is 0.500. The van der Waals surface area contributed by atoms with Crippen molar-refractivity contribution in [2.24, 2.45) is 0 Å². The molecular weight excluding hydrogens is 214 g/mol. The minimum absolute atomic E-state index is 0.0286. The van der Waals surface area contributed by atoms with Crippen LogP contribution in [0.5, 0.6) is 5.75 Å². The van der Waals surface area contributed by atoms with Gasteiger partial charge in [0.05, 0.1) is 0 Å². The van der Waals surface area contributed by atoms with Crippen LogP contribution in [0.2, 0.25) is 0 Å². The van der Waals surface area contributed by atoms with Crippen LogP contribution in [0.3, 0.4) is 0 Å². The average Bonchev–Trinajstić information content (AvgIpc) is 2.61. The molecule has 0 aliphatic carbocycles. The molecule has 3 nitrogen and oxygen atoms in total. The van der Waals surface area contributed by atoms with Gasteiger partial charge in [-0.3, -0.25) is 4.79 Å². The van der Waals surface area contributed by atoms with Gasteiger partial charge in [-0.05, 0) is 45.7 Å².